The Bertz CT molecular complexity index is 1360. The number of cyclic esters (lactones) is 2. The van der Waals surface area contributed by atoms with Gasteiger partial charge in [-0.1, -0.05) is 57.0 Å². The zero-order chi connectivity index (χ0) is 31.8. The van der Waals surface area contributed by atoms with E-state index in [0.717, 1.165) is 18.4 Å². The lowest BCUT2D eigenvalue weighted by Gasteiger charge is -2.29. The van der Waals surface area contributed by atoms with Gasteiger partial charge in [-0.15, -0.1) is 0 Å². The van der Waals surface area contributed by atoms with Crippen molar-refractivity contribution in [1.82, 2.24) is 10.3 Å². The molecule has 1 saturated heterocycles. The first kappa shape index (κ1) is 32.4. The van der Waals surface area contributed by atoms with Gasteiger partial charge in [0.15, 0.2) is 23.6 Å². The summed E-state index contributed by atoms with van der Waals surface area (Å²) < 4.78 is 27.6. The standard InChI is InChI=1S/C32H38N2O10/c1-18(2)30(37)44-27-19(3)42-32(39)23(17-41-31(38)22(27)16-21-8-6-5-7-9-21)34-29(36)26-28(24(40-4)14-15-33-26)43-25(35)13-12-20-10-11-20/h5-9,14-15,18-20,22-23,27H,10-13,16-17H2,1-4H3,(H,34,36)/t19-,22+,23-,27-/m0/s1. The molecular formula is C32H38N2O10. The van der Waals surface area contributed by atoms with E-state index in [1.54, 1.807) is 13.8 Å². The van der Waals surface area contributed by atoms with Crippen LogP contribution in [0.3, 0.4) is 0 Å². The van der Waals surface area contributed by atoms with Crippen LogP contribution in [0.2, 0.25) is 0 Å². The van der Waals surface area contributed by atoms with E-state index in [-0.39, 0.29) is 30.0 Å². The normalized spacial score (nSPS) is 22.0. The van der Waals surface area contributed by atoms with Crippen molar-refractivity contribution in [3.05, 3.63) is 53.9 Å². The zero-order valence-corrected chi connectivity index (χ0v) is 25.3. The molecule has 12 nitrogen and oxygen atoms in total. The average molecular weight is 611 g/mol. The Hall–Kier alpha value is -4.48. The Balaban J connectivity index is 1.55. The molecule has 1 aromatic heterocycles. The molecule has 2 aromatic rings. The lowest BCUT2D eigenvalue weighted by atomic mass is 9.91. The van der Waals surface area contributed by atoms with E-state index in [9.17, 15) is 24.0 Å². The van der Waals surface area contributed by atoms with Gasteiger partial charge in [0, 0.05) is 18.7 Å². The molecule has 4 atom stereocenters. The van der Waals surface area contributed by atoms with Crippen molar-refractivity contribution in [2.75, 3.05) is 13.7 Å². The number of rotatable bonds is 11. The fraction of sp³-hybridized carbons (Fsp3) is 0.500. The Morgan fingerprint density at radius 2 is 1.80 bits per heavy atom. The van der Waals surface area contributed by atoms with Crippen LogP contribution in [0.4, 0.5) is 0 Å². The first-order valence-corrected chi connectivity index (χ1v) is 14.7. The third kappa shape index (κ3) is 8.55. The van der Waals surface area contributed by atoms with Crippen molar-refractivity contribution in [2.24, 2.45) is 17.8 Å². The molecule has 44 heavy (non-hydrogen) atoms. The number of esters is 4. The van der Waals surface area contributed by atoms with Crippen LogP contribution in [-0.4, -0.2) is 66.7 Å². The second kappa shape index (κ2) is 14.8. The number of pyridine rings is 1. The van der Waals surface area contributed by atoms with Crippen LogP contribution >= 0.6 is 0 Å². The smallest absolute Gasteiger partial charge is 0.332 e. The monoisotopic (exact) mass is 610 g/mol. The van der Waals surface area contributed by atoms with Crippen molar-refractivity contribution >= 4 is 29.8 Å². The zero-order valence-electron chi connectivity index (χ0n) is 25.3. The van der Waals surface area contributed by atoms with Crippen molar-refractivity contribution in [1.29, 1.82) is 0 Å². The second-order valence-electron chi connectivity index (χ2n) is 11.3. The molecule has 236 valence electrons. The van der Waals surface area contributed by atoms with E-state index < -0.39 is 66.5 Å². The third-order valence-electron chi connectivity index (χ3n) is 7.44. The summed E-state index contributed by atoms with van der Waals surface area (Å²) in [5, 5.41) is 2.48. The van der Waals surface area contributed by atoms with E-state index in [4.69, 9.17) is 23.7 Å². The maximum Gasteiger partial charge on any atom is 0.332 e. The van der Waals surface area contributed by atoms with Gasteiger partial charge >= 0.3 is 23.9 Å². The number of carbonyl (C=O) groups is 5. The molecule has 2 aliphatic rings. The molecule has 1 saturated carbocycles. The predicted octanol–water partition coefficient (Wildman–Crippen LogP) is 3.20. The second-order valence-corrected chi connectivity index (χ2v) is 11.3. The summed E-state index contributed by atoms with van der Waals surface area (Å²) in [6.45, 7) is 4.24. The fourth-order valence-corrected chi connectivity index (χ4v) is 4.72. The minimum absolute atomic E-state index is 0.0978. The summed E-state index contributed by atoms with van der Waals surface area (Å²) in [7, 11) is 1.35. The maximum absolute atomic E-state index is 13.4. The SMILES string of the molecule is COc1ccnc(C(=O)N[C@H]2COC(=O)[C@H](Cc3ccccc3)[C@@H](OC(=O)C(C)C)[C@H](C)OC2=O)c1OC(=O)CCC1CC1. The van der Waals surface area contributed by atoms with Crippen LogP contribution in [0.5, 0.6) is 11.5 Å². The van der Waals surface area contributed by atoms with Gasteiger partial charge in [0.2, 0.25) is 5.75 Å². The molecule has 2 heterocycles. The first-order valence-electron chi connectivity index (χ1n) is 14.7. The molecule has 1 aromatic carbocycles. The summed E-state index contributed by atoms with van der Waals surface area (Å²) in [5.41, 5.74) is 0.479. The molecule has 0 radical (unpaired) electrons. The topological polar surface area (TPSA) is 156 Å². The van der Waals surface area contributed by atoms with Gasteiger partial charge in [-0.2, -0.15) is 0 Å². The van der Waals surface area contributed by atoms with Gasteiger partial charge in [-0.05, 0) is 31.2 Å². The Kier molecular flexibility index (Phi) is 10.9. The number of nitrogens with zero attached hydrogens (tertiary/aromatic N) is 1. The minimum atomic E-state index is -1.45. The van der Waals surface area contributed by atoms with Gasteiger partial charge in [-0.3, -0.25) is 19.2 Å². The fourth-order valence-electron chi connectivity index (χ4n) is 4.72. The van der Waals surface area contributed by atoms with E-state index in [1.807, 2.05) is 30.3 Å². The van der Waals surface area contributed by atoms with Gasteiger partial charge in [0.25, 0.3) is 5.91 Å². The molecule has 4 rings (SSSR count). The Morgan fingerprint density at radius 3 is 2.45 bits per heavy atom. The van der Waals surface area contributed by atoms with Gasteiger partial charge < -0.3 is 29.0 Å². The first-order chi connectivity index (χ1) is 21.1. The highest BCUT2D eigenvalue weighted by molar-refractivity contribution is 5.99. The number of benzene rings is 1. The predicted molar refractivity (Wildman–Crippen MR) is 155 cm³/mol. The van der Waals surface area contributed by atoms with Gasteiger partial charge in [0.05, 0.1) is 13.0 Å². The van der Waals surface area contributed by atoms with Crippen LogP contribution < -0.4 is 14.8 Å². The number of amides is 1. The maximum atomic E-state index is 13.4. The lowest BCUT2D eigenvalue weighted by Crippen LogP contribution is -2.47. The van der Waals surface area contributed by atoms with Crippen molar-refractivity contribution < 1.29 is 47.7 Å². The summed E-state index contributed by atoms with van der Waals surface area (Å²) in [6, 6.07) is 9.07. The number of ether oxygens (including phenoxy) is 5. The molecule has 0 spiro atoms. The molecule has 1 amide bonds. The number of nitrogens with one attached hydrogen (secondary N) is 1. The van der Waals surface area contributed by atoms with Crippen molar-refractivity contribution in [3.8, 4) is 11.5 Å². The average Bonchev–Trinajstić information content (AvgIpc) is 3.84. The summed E-state index contributed by atoms with van der Waals surface area (Å²) in [4.78, 5) is 69.3. The Labute approximate surface area is 255 Å². The Morgan fingerprint density at radius 1 is 1.07 bits per heavy atom. The summed E-state index contributed by atoms with van der Waals surface area (Å²) in [5.74, 6) is -4.76. The lowest BCUT2D eigenvalue weighted by molar-refractivity contribution is -0.176. The number of hydrogen-bond donors (Lipinski definition) is 1. The number of carbonyl (C=O) groups excluding carboxylic acids is 5. The van der Waals surface area contributed by atoms with Crippen LogP contribution in [0.1, 0.15) is 62.5 Å². The van der Waals surface area contributed by atoms with E-state index >= 15 is 0 Å². The number of aromatic nitrogens is 1. The van der Waals surface area contributed by atoms with Crippen molar-refractivity contribution in [2.45, 2.75) is 71.1 Å². The number of methoxy groups -OCH3 is 1. The summed E-state index contributed by atoms with van der Waals surface area (Å²) >= 11 is 0. The van der Waals surface area contributed by atoms with Crippen LogP contribution in [0.15, 0.2) is 42.6 Å². The molecule has 0 unspecified atom stereocenters. The van der Waals surface area contributed by atoms with E-state index in [2.05, 4.69) is 10.3 Å². The quantitative estimate of drug-likeness (QED) is 0.294. The van der Waals surface area contributed by atoms with Crippen molar-refractivity contribution in [3.63, 3.8) is 0 Å². The van der Waals surface area contributed by atoms with Crippen LogP contribution in [0.25, 0.3) is 0 Å². The molecule has 1 N–H and O–H groups in total. The molecule has 12 heteroatoms. The van der Waals surface area contributed by atoms with Gasteiger partial charge in [-0.25, -0.2) is 9.78 Å². The number of hydrogen-bond acceptors (Lipinski definition) is 11. The highest BCUT2D eigenvalue weighted by atomic mass is 16.6. The molecular weight excluding hydrogens is 572 g/mol. The molecule has 1 aliphatic heterocycles. The van der Waals surface area contributed by atoms with E-state index in [0.29, 0.717) is 12.3 Å². The largest absolute Gasteiger partial charge is 0.493 e. The molecule has 0 bridgehead atoms. The minimum Gasteiger partial charge on any atom is -0.493 e. The van der Waals surface area contributed by atoms with Crippen LogP contribution in [-0.2, 0) is 39.8 Å². The highest BCUT2D eigenvalue weighted by Crippen LogP contribution is 2.35. The van der Waals surface area contributed by atoms with Crippen LogP contribution in [0, 0.1) is 17.8 Å². The summed E-state index contributed by atoms with van der Waals surface area (Å²) in [6.07, 6.45) is 2.22. The van der Waals surface area contributed by atoms with Gasteiger partial charge in [0.1, 0.15) is 18.6 Å². The molecule has 1 aliphatic carbocycles. The highest BCUT2D eigenvalue weighted by Gasteiger charge is 2.42. The molecule has 2 fully saturated rings. The third-order valence-corrected chi connectivity index (χ3v) is 7.44. The van der Waals surface area contributed by atoms with E-state index in [1.165, 1.54) is 26.3 Å².